The lowest BCUT2D eigenvalue weighted by atomic mass is 9.80. The first-order chi connectivity index (χ1) is 41.2. The molecule has 2 saturated carbocycles. The monoisotopic (exact) mass is 1230 g/mol. The summed E-state index contributed by atoms with van der Waals surface area (Å²) in [5.74, 6) is -8.54. The Hall–Kier alpha value is -5.49. The third-order valence-electron chi connectivity index (χ3n) is 15.3. The zero-order valence-corrected chi connectivity index (χ0v) is 52.1. The van der Waals surface area contributed by atoms with Gasteiger partial charge in [-0.1, -0.05) is 60.3 Å². The van der Waals surface area contributed by atoms with Crippen LogP contribution in [0.25, 0.3) is 0 Å². The van der Waals surface area contributed by atoms with E-state index in [1.54, 1.807) is 4.90 Å². The first-order valence-corrected chi connectivity index (χ1v) is 30.7. The number of aliphatic carboxylic acids is 2. The minimum absolute atomic E-state index is 0.0215. The molecule has 2 fully saturated rings. The lowest BCUT2D eigenvalue weighted by Crippen LogP contribution is -2.51. The third kappa shape index (κ3) is 29.9. The number of carbonyl (C=O) groups excluding carboxylic acids is 5. The fourth-order valence-electron chi connectivity index (χ4n) is 11.2. The summed E-state index contributed by atoms with van der Waals surface area (Å²) < 4.78 is 56.9. The molecule has 28 nitrogen and oxygen atoms in total. The highest BCUT2D eigenvalue weighted by Crippen LogP contribution is 2.43. The van der Waals surface area contributed by atoms with Gasteiger partial charge in [-0.15, -0.1) is 0 Å². The van der Waals surface area contributed by atoms with Gasteiger partial charge in [-0.25, -0.2) is 9.98 Å². The van der Waals surface area contributed by atoms with E-state index in [-0.39, 0.29) is 159 Å². The van der Waals surface area contributed by atoms with Gasteiger partial charge in [-0.3, -0.25) is 33.6 Å². The largest absolute Gasteiger partial charge is 0.481 e. The van der Waals surface area contributed by atoms with Crippen molar-refractivity contribution in [3.63, 3.8) is 0 Å². The first-order valence-electron chi connectivity index (χ1n) is 30.7. The molecule has 0 aromatic carbocycles. The summed E-state index contributed by atoms with van der Waals surface area (Å²) in [5, 5.41) is 26.3. The molecule has 0 saturated heterocycles. The summed E-state index contributed by atoms with van der Waals surface area (Å²) in [7, 11) is 0. The molecule has 0 aliphatic heterocycles. The van der Waals surface area contributed by atoms with Crippen molar-refractivity contribution >= 4 is 53.5 Å². The minimum atomic E-state index is -1.16. The number of carbonyl (C=O) groups is 7. The lowest BCUT2D eigenvalue weighted by molar-refractivity contribution is -0.162. The Morgan fingerprint density at radius 2 is 0.802 bits per heavy atom. The number of hydrogen-bond donors (Lipinski definition) is 8. The van der Waals surface area contributed by atoms with E-state index in [0.29, 0.717) is 71.9 Å². The number of nitrogens with zero attached hydrogens (tertiary/aromatic N) is 3. The molecule has 28 heteroatoms. The predicted octanol–water partition coefficient (Wildman–Crippen LogP) is 1.74. The van der Waals surface area contributed by atoms with Crippen LogP contribution < -0.4 is 33.6 Å². The third-order valence-corrected chi connectivity index (χ3v) is 15.3. The van der Waals surface area contributed by atoms with Crippen LogP contribution in [0.3, 0.4) is 0 Å². The Balaban J connectivity index is 1.90. The van der Waals surface area contributed by atoms with Gasteiger partial charge < -0.3 is 96.0 Å². The zero-order valence-electron chi connectivity index (χ0n) is 52.1. The summed E-state index contributed by atoms with van der Waals surface area (Å²) >= 11 is 0. The molecule has 496 valence electrons. The van der Waals surface area contributed by atoms with Crippen molar-refractivity contribution in [1.82, 2.24) is 15.5 Å². The number of carboxylic acid groups (broad SMARTS) is 2. The van der Waals surface area contributed by atoms with Crippen molar-refractivity contribution in [1.29, 1.82) is 0 Å². The molecule has 0 radical (unpaired) electrons. The van der Waals surface area contributed by atoms with Gasteiger partial charge in [0.05, 0.1) is 116 Å². The molecule has 2 aliphatic rings. The van der Waals surface area contributed by atoms with Crippen molar-refractivity contribution in [2.75, 3.05) is 119 Å². The number of aliphatic imine (C=N–C) groups is 2. The maximum Gasteiger partial charge on any atom is 0.310 e. The van der Waals surface area contributed by atoms with E-state index in [1.807, 2.05) is 34.6 Å². The molecule has 10 atom stereocenters. The van der Waals surface area contributed by atoms with Gasteiger partial charge in [-0.05, 0) is 43.9 Å². The topological polar surface area (TPSA) is 408 Å². The van der Waals surface area contributed by atoms with Gasteiger partial charge >= 0.3 is 23.9 Å². The Bertz CT molecular complexity index is 1910. The number of carboxylic acids is 2. The van der Waals surface area contributed by atoms with Gasteiger partial charge in [0.15, 0.2) is 11.9 Å². The maximum absolute atomic E-state index is 13.4. The number of guanidine groups is 2. The predicted molar refractivity (Wildman–Crippen MR) is 317 cm³/mol. The van der Waals surface area contributed by atoms with Gasteiger partial charge in [0.25, 0.3) is 0 Å². The first kappa shape index (κ1) is 76.6. The average Bonchev–Trinajstić information content (AvgIpc) is 2.36. The number of ether oxygens (including phenoxy) is 10. The van der Waals surface area contributed by atoms with Gasteiger partial charge in [0.2, 0.25) is 17.7 Å². The Kier molecular flexibility index (Phi) is 40.0. The normalized spacial score (nSPS) is 20.7. The molecule has 0 bridgehead atoms. The molecular formula is C58H105N9O19. The number of esters is 2. The summed E-state index contributed by atoms with van der Waals surface area (Å²) in [5.41, 5.74) is 23.0. The standard InChI is InChI=1S/C58H105N9O19/c1-8-20-77-26-32-83-34-35-84-33-29-80-23-17-46(70)67(18-24-81-30-27-78-21-13-15-47(71)85-53-42(55(73)74)36-44(65-57(59)60)49(53)51(63-38(6)68)40(9-2)10-3)19-25-82-31-28-79-22-14-16-48(72)86-54-43(56(75)76)37-45(66-58(61)62)50(54)52(64-39(7)69)41(11-4)12-5/h40-45,49-54H,8-37H2,1-7H3,(H,63,68)(H,64,69)(H,73,74)(H,75,76)(H4,59,60,65)(H4,61,62,66)/t42-,43-,44-,45+,49+,50+,51+,52+,53+,54+/m0/s1. The zero-order chi connectivity index (χ0) is 63.8. The van der Waals surface area contributed by atoms with Crippen molar-refractivity contribution in [2.24, 2.45) is 68.4 Å². The molecule has 3 amide bonds. The molecule has 86 heavy (non-hydrogen) atoms. The highest BCUT2D eigenvalue weighted by molar-refractivity contribution is 5.79. The summed E-state index contributed by atoms with van der Waals surface area (Å²) in [4.78, 5) is 99.9. The van der Waals surface area contributed by atoms with E-state index < -0.39 is 83.9 Å². The smallest absolute Gasteiger partial charge is 0.310 e. The molecule has 0 aromatic heterocycles. The van der Waals surface area contributed by atoms with Crippen LogP contribution in [0, 0.1) is 35.5 Å². The number of hydrogen-bond acceptors (Lipinski definition) is 19. The second kappa shape index (κ2) is 44.9. The van der Waals surface area contributed by atoms with E-state index in [4.69, 9.17) is 70.3 Å². The molecule has 0 unspecified atom stereocenters. The van der Waals surface area contributed by atoms with E-state index in [2.05, 4.69) is 20.6 Å². The average molecular weight is 1230 g/mol. The highest BCUT2D eigenvalue weighted by Gasteiger charge is 2.55. The molecule has 2 rings (SSSR count). The van der Waals surface area contributed by atoms with Crippen molar-refractivity contribution < 1.29 is 91.1 Å². The highest BCUT2D eigenvalue weighted by atomic mass is 16.6. The van der Waals surface area contributed by atoms with Gasteiger partial charge in [0, 0.05) is 83.5 Å². The van der Waals surface area contributed by atoms with Crippen LogP contribution in [0.15, 0.2) is 9.98 Å². The molecule has 2 aliphatic carbocycles. The number of nitrogens with two attached hydrogens (primary N) is 4. The van der Waals surface area contributed by atoms with Crippen LogP contribution in [0.2, 0.25) is 0 Å². The molecule has 12 N–H and O–H groups in total. The molecular weight excluding hydrogens is 1130 g/mol. The van der Waals surface area contributed by atoms with Crippen LogP contribution in [-0.2, 0) is 80.9 Å². The quantitative estimate of drug-likeness (QED) is 0.0186. The second-order valence-electron chi connectivity index (χ2n) is 21.5. The Morgan fingerprint density at radius 1 is 0.477 bits per heavy atom. The van der Waals surface area contributed by atoms with Crippen molar-refractivity contribution in [3.05, 3.63) is 0 Å². The van der Waals surface area contributed by atoms with Gasteiger partial charge in [-0.2, -0.15) is 0 Å². The summed E-state index contributed by atoms with van der Waals surface area (Å²) in [6.07, 6.45) is 2.01. The summed E-state index contributed by atoms with van der Waals surface area (Å²) in [6, 6.07) is -2.52. The fourth-order valence-corrected chi connectivity index (χ4v) is 11.2. The number of rotatable bonds is 50. The van der Waals surface area contributed by atoms with Crippen LogP contribution >= 0.6 is 0 Å². The molecule has 0 heterocycles. The Morgan fingerprint density at radius 3 is 1.12 bits per heavy atom. The van der Waals surface area contributed by atoms with E-state index in [0.717, 1.165) is 6.42 Å². The van der Waals surface area contributed by atoms with Crippen LogP contribution in [-0.4, -0.2) is 224 Å². The van der Waals surface area contributed by atoms with Crippen LogP contribution in [0.5, 0.6) is 0 Å². The van der Waals surface area contributed by atoms with Crippen molar-refractivity contribution in [3.8, 4) is 0 Å². The van der Waals surface area contributed by atoms with E-state index in [9.17, 15) is 43.8 Å². The van der Waals surface area contributed by atoms with E-state index in [1.165, 1.54) is 13.8 Å². The Labute approximate surface area is 507 Å². The maximum atomic E-state index is 13.4. The van der Waals surface area contributed by atoms with Crippen molar-refractivity contribution in [2.45, 2.75) is 162 Å². The number of nitrogens with one attached hydrogen (secondary N) is 2. The molecule has 0 aromatic rings. The SMILES string of the molecule is CCCOCCOCCOCCOCCC(=O)N(CCOCCOCCCC(=O)O[C@H]1[C@@H]([C@H](NC(C)=O)C(CC)CC)[C@@H](N=C(N)N)C[C@@H]1C(=O)O)CCOCCOCCCC(=O)O[C@H]1[C@@H]([C@H](NC(C)=O)C(CC)CC)[C@H](N=C(N)N)C[C@@H]1C(=O)O. The van der Waals surface area contributed by atoms with E-state index >= 15 is 0 Å². The lowest BCUT2D eigenvalue weighted by Gasteiger charge is -2.36. The second-order valence-corrected chi connectivity index (χ2v) is 21.5. The number of amides is 3. The van der Waals surface area contributed by atoms with Crippen LogP contribution in [0.4, 0.5) is 0 Å². The summed E-state index contributed by atoms with van der Waals surface area (Å²) in [6.45, 7) is 18.0. The minimum Gasteiger partial charge on any atom is -0.481 e. The van der Waals surface area contributed by atoms with Gasteiger partial charge in [0.1, 0.15) is 12.2 Å². The van der Waals surface area contributed by atoms with Crippen LogP contribution in [0.1, 0.15) is 126 Å². The molecule has 0 spiro atoms. The fraction of sp³-hybridized carbons (Fsp3) is 0.845.